The molecule has 0 aromatic heterocycles. The molecule has 31 heavy (non-hydrogen) atoms. The molecular formula is C25H20Cl2N2O2. The molecule has 5 rings (SSSR count). The van der Waals surface area contributed by atoms with E-state index in [-0.39, 0.29) is 11.8 Å². The molecule has 3 aromatic rings. The quantitative estimate of drug-likeness (QED) is 0.435. The summed E-state index contributed by atoms with van der Waals surface area (Å²) < 4.78 is 6.16. The van der Waals surface area contributed by atoms with Gasteiger partial charge in [0.05, 0.1) is 16.8 Å². The number of halogens is 2. The van der Waals surface area contributed by atoms with Crippen LogP contribution in [0.5, 0.6) is 5.75 Å². The first-order chi connectivity index (χ1) is 14.9. The summed E-state index contributed by atoms with van der Waals surface area (Å²) in [6, 6.07) is 19.0. The Morgan fingerprint density at radius 2 is 1.65 bits per heavy atom. The van der Waals surface area contributed by atoms with Crippen LogP contribution in [0.4, 0.5) is 0 Å². The minimum atomic E-state index is -0.901. The van der Waals surface area contributed by atoms with E-state index < -0.39 is 6.23 Å². The van der Waals surface area contributed by atoms with E-state index in [1.54, 1.807) is 11.1 Å². The molecule has 0 saturated heterocycles. The molecule has 0 saturated carbocycles. The Hall–Kier alpha value is -2.82. The van der Waals surface area contributed by atoms with Crippen molar-refractivity contribution in [3.8, 4) is 5.75 Å². The lowest BCUT2D eigenvalue weighted by Gasteiger charge is -2.37. The molecule has 3 aromatic carbocycles. The van der Waals surface area contributed by atoms with Gasteiger partial charge in [0.15, 0.2) is 0 Å². The van der Waals surface area contributed by atoms with Gasteiger partial charge in [-0.3, -0.25) is 4.79 Å². The topological polar surface area (TPSA) is 41.9 Å². The number of hydrogen-bond donors (Lipinski definition) is 0. The van der Waals surface area contributed by atoms with Crippen LogP contribution in [0.2, 0.25) is 10.0 Å². The maximum absolute atomic E-state index is 13.4. The third-order valence-electron chi connectivity index (χ3n) is 5.75. The molecule has 156 valence electrons. The summed E-state index contributed by atoms with van der Waals surface area (Å²) in [6.45, 7) is 4.04. The van der Waals surface area contributed by atoms with Gasteiger partial charge in [0.1, 0.15) is 5.75 Å². The van der Waals surface area contributed by atoms with E-state index in [1.807, 2.05) is 44.2 Å². The molecule has 4 nitrogen and oxygen atoms in total. The fourth-order valence-electron chi connectivity index (χ4n) is 4.07. The summed E-state index contributed by atoms with van der Waals surface area (Å²) >= 11 is 12.8. The Bertz CT molecular complexity index is 1200. The molecule has 2 unspecified atom stereocenters. The monoisotopic (exact) mass is 450 g/mol. The zero-order valence-electron chi connectivity index (χ0n) is 17.1. The third kappa shape index (κ3) is 3.60. The third-order valence-corrected chi connectivity index (χ3v) is 6.25. The second-order valence-electron chi connectivity index (χ2n) is 8.02. The number of rotatable bonds is 3. The lowest BCUT2D eigenvalue weighted by atomic mass is 9.95. The van der Waals surface area contributed by atoms with Crippen LogP contribution in [0, 0.1) is 13.8 Å². The van der Waals surface area contributed by atoms with Crippen molar-refractivity contribution in [2.75, 3.05) is 0 Å². The van der Waals surface area contributed by atoms with Crippen LogP contribution in [-0.4, -0.2) is 22.7 Å². The minimum absolute atomic E-state index is 0.157. The van der Waals surface area contributed by atoms with Crippen molar-refractivity contribution in [1.82, 2.24) is 5.01 Å². The van der Waals surface area contributed by atoms with Crippen LogP contribution >= 0.6 is 23.2 Å². The van der Waals surface area contributed by atoms with Crippen molar-refractivity contribution in [2.45, 2.75) is 32.5 Å². The summed E-state index contributed by atoms with van der Waals surface area (Å²) in [6.07, 6.45) is -0.268. The van der Waals surface area contributed by atoms with E-state index in [1.165, 1.54) is 5.56 Å². The highest BCUT2D eigenvalue weighted by Gasteiger charge is 2.44. The number of hydrazone groups is 1. The van der Waals surface area contributed by atoms with Crippen LogP contribution < -0.4 is 4.74 Å². The van der Waals surface area contributed by atoms with Gasteiger partial charge in [-0.25, -0.2) is 5.01 Å². The average molecular weight is 451 g/mol. The predicted octanol–water partition coefficient (Wildman–Crippen LogP) is 6.36. The Morgan fingerprint density at radius 3 is 2.32 bits per heavy atom. The molecule has 2 heterocycles. The van der Waals surface area contributed by atoms with Gasteiger partial charge in [-0.1, -0.05) is 82.9 Å². The van der Waals surface area contributed by atoms with Crippen molar-refractivity contribution in [3.63, 3.8) is 0 Å². The summed E-state index contributed by atoms with van der Waals surface area (Å²) in [4.78, 5) is 13.4. The van der Waals surface area contributed by atoms with Gasteiger partial charge in [0.25, 0.3) is 6.23 Å². The fraction of sp³-hybridized carbons (Fsp3) is 0.200. The number of hydrogen-bond acceptors (Lipinski definition) is 4. The molecular weight excluding hydrogens is 431 g/mol. The van der Waals surface area contributed by atoms with Crippen molar-refractivity contribution in [3.05, 3.63) is 98.5 Å². The van der Waals surface area contributed by atoms with Gasteiger partial charge in [-0.2, -0.15) is 5.10 Å². The van der Waals surface area contributed by atoms with Gasteiger partial charge in [0.2, 0.25) is 5.78 Å². The highest BCUT2D eigenvalue weighted by Crippen LogP contribution is 2.47. The van der Waals surface area contributed by atoms with Crippen molar-refractivity contribution >= 4 is 34.7 Å². The van der Waals surface area contributed by atoms with Gasteiger partial charge in [0, 0.05) is 22.6 Å². The zero-order chi connectivity index (χ0) is 21.7. The molecule has 6 heteroatoms. The molecule has 0 bridgehead atoms. The molecule has 2 aliphatic rings. The summed E-state index contributed by atoms with van der Waals surface area (Å²) in [5.74, 6) is 0.341. The number of ether oxygens (including phenoxy) is 1. The van der Waals surface area contributed by atoms with E-state index in [0.29, 0.717) is 27.8 Å². The van der Waals surface area contributed by atoms with Crippen LogP contribution in [0.15, 0.2) is 65.8 Å². The first-order valence-corrected chi connectivity index (χ1v) is 10.9. The van der Waals surface area contributed by atoms with Crippen LogP contribution in [0.25, 0.3) is 0 Å². The second-order valence-corrected chi connectivity index (χ2v) is 8.86. The standard InChI is InChI=1S/C25H20Cl2N2O2/c1-14-3-7-16(8-4-14)21-13-22-19-11-18(26)12-20(27)24(19)31-25(29(22)28-21)23(30)17-9-5-15(2)6-10-17/h3-12,22,25H,13H2,1-2H3. The number of nitrogens with zero attached hydrogens (tertiary/aromatic N) is 2. The number of benzene rings is 3. The zero-order valence-corrected chi connectivity index (χ0v) is 18.6. The Labute approximate surface area is 191 Å². The van der Waals surface area contributed by atoms with Crippen LogP contribution in [-0.2, 0) is 0 Å². The lowest BCUT2D eigenvalue weighted by molar-refractivity contribution is -0.00447. The maximum Gasteiger partial charge on any atom is 0.251 e. The second kappa shape index (κ2) is 7.70. The number of fused-ring (bicyclic) bond motifs is 3. The van der Waals surface area contributed by atoms with Crippen LogP contribution in [0.3, 0.4) is 0 Å². The van der Waals surface area contributed by atoms with Gasteiger partial charge < -0.3 is 4.74 Å². The number of carbonyl (C=O) groups excluding carboxylic acids is 1. The summed E-state index contributed by atoms with van der Waals surface area (Å²) in [5.41, 5.74) is 5.61. The summed E-state index contributed by atoms with van der Waals surface area (Å²) in [7, 11) is 0. The lowest BCUT2D eigenvalue weighted by Crippen LogP contribution is -2.46. The first kappa shape index (κ1) is 20.1. The average Bonchev–Trinajstić information content (AvgIpc) is 3.19. The molecule has 0 radical (unpaired) electrons. The molecule has 0 amide bonds. The largest absolute Gasteiger partial charge is 0.459 e. The number of ketones is 1. The molecule has 2 aliphatic heterocycles. The molecule has 0 aliphatic carbocycles. The Balaban J connectivity index is 1.59. The highest BCUT2D eigenvalue weighted by molar-refractivity contribution is 6.35. The van der Waals surface area contributed by atoms with Crippen LogP contribution in [0.1, 0.15) is 45.1 Å². The number of carbonyl (C=O) groups is 1. The fourth-order valence-corrected chi connectivity index (χ4v) is 4.62. The van der Waals surface area contributed by atoms with Crippen molar-refractivity contribution in [2.24, 2.45) is 5.10 Å². The smallest absolute Gasteiger partial charge is 0.251 e. The van der Waals surface area contributed by atoms with Gasteiger partial charge in [-0.05, 0) is 31.5 Å². The van der Waals surface area contributed by atoms with E-state index >= 15 is 0 Å². The Morgan fingerprint density at radius 1 is 1.00 bits per heavy atom. The van der Waals surface area contributed by atoms with Gasteiger partial charge >= 0.3 is 0 Å². The normalized spacial score (nSPS) is 19.4. The molecule has 0 N–H and O–H groups in total. The van der Waals surface area contributed by atoms with E-state index in [4.69, 9.17) is 33.0 Å². The predicted molar refractivity (Wildman–Crippen MR) is 123 cm³/mol. The molecule has 0 spiro atoms. The van der Waals surface area contributed by atoms with Crippen molar-refractivity contribution < 1.29 is 9.53 Å². The molecule has 2 atom stereocenters. The summed E-state index contributed by atoms with van der Waals surface area (Å²) in [5, 5.41) is 7.51. The highest BCUT2D eigenvalue weighted by atomic mass is 35.5. The van der Waals surface area contributed by atoms with E-state index in [0.717, 1.165) is 22.4 Å². The number of Topliss-reactive ketones (excluding diaryl/α,β-unsaturated/α-hetero) is 1. The SMILES string of the molecule is Cc1ccc(C(=O)C2Oc3c(Cl)cc(Cl)cc3C3CC(c4ccc(C)cc4)=NN23)cc1. The van der Waals surface area contributed by atoms with Gasteiger partial charge in [-0.15, -0.1) is 0 Å². The Kier molecular flexibility index (Phi) is 4.99. The van der Waals surface area contributed by atoms with E-state index in [2.05, 4.69) is 24.3 Å². The first-order valence-electron chi connectivity index (χ1n) is 10.1. The minimum Gasteiger partial charge on any atom is -0.459 e. The molecule has 0 fully saturated rings. The number of aryl methyl sites for hydroxylation is 2. The maximum atomic E-state index is 13.4. The van der Waals surface area contributed by atoms with Crippen molar-refractivity contribution in [1.29, 1.82) is 0 Å². The van der Waals surface area contributed by atoms with E-state index in [9.17, 15) is 4.79 Å².